The number of carboxylic acids is 1. The maximum atomic E-state index is 12.1. The Morgan fingerprint density at radius 1 is 1.37 bits per heavy atom. The fraction of sp³-hybridized carbons (Fsp3) is 0.846. The van der Waals surface area contributed by atoms with E-state index in [2.05, 4.69) is 5.32 Å². The number of aliphatic hydroxyl groups is 1. The largest absolute Gasteiger partial charge is 0.481 e. The van der Waals surface area contributed by atoms with Gasteiger partial charge in [-0.25, -0.2) is 4.79 Å². The highest BCUT2D eigenvalue weighted by Crippen LogP contribution is 2.16. The quantitative estimate of drug-likeness (QED) is 0.701. The zero-order valence-corrected chi connectivity index (χ0v) is 11.5. The Morgan fingerprint density at radius 3 is 2.74 bits per heavy atom. The first-order chi connectivity index (χ1) is 9.04. The van der Waals surface area contributed by atoms with Gasteiger partial charge in [-0.3, -0.25) is 4.79 Å². The van der Waals surface area contributed by atoms with Gasteiger partial charge in [-0.15, -0.1) is 0 Å². The maximum absolute atomic E-state index is 12.1. The number of aliphatic carboxylic acids is 1. The molecule has 6 nitrogen and oxygen atoms in total. The number of nitrogens with zero attached hydrogens (tertiary/aromatic N) is 1. The van der Waals surface area contributed by atoms with E-state index in [1.54, 1.807) is 11.8 Å². The van der Waals surface area contributed by atoms with E-state index in [0.717, 1.165) is 25.7 Å². The molecule has 6 heteroatoms. The summed E-state index contributed by atoms with van der Waals surface area (Å²) in [4.78, 5) is 24.3. The minimum atomic E-state index is -0.857. The van der Waals surface area contributed by atoms with E-state index in [4.69, 9.17) is 5.11 Å². The molecule has 0 aliphatic carbocycles. The molecular weight excluding hydrogens is 248 g/mol. The summed E-state index contributed by atoms with van der Waals surface area (Å²) in [7, 11) is 0. The van der Waals surface area contributed by atoms with Gasteiger partial charge in [-0.05, 0) is 26.2 Å². The molecule has 3 N–H and O–H groups in total. The summed E-state index contributed by atoms with van der Waals surface area (Å²) >= 11 is 0. The molecule has 1 rings (SSSR count). The second kappa shape index (κ2) is 7.99. The van der Waals surface area contributed by atoms with Crippen LogP contribution >= 0.6 is 0 Å². The van der Waals surface area contributed by atoms with Gasteiger partial charge in [0, 0.05) is 19.0 Å². The summed E-state index contributed by atoms with van der Waals surface area (Å²) in [6.07, 6.45) is 4.35. The molecule has 0 spiro atoms. The fourth-order valence-corrected chi connectivity index (χ4v) is 2.34. The van der Waals surface area contributed by atoms with Gasteiger partial charge in [0.25, 0.3) is 0 Å². The van der Waals surface area contributed by atoms with Crippen molar-refractivity contribution in [2.24, 2.45) is 0 Å². The topological polar surface area (TPSA) is 89.9 Å². The lowest BCUT2D eigenvalue weighted by atomic mass is 10.1. The smallest absolute Gasteiger partial charge is 0.317 e. The first-order valence-corrected chi connectivity index (χ1v) is 6.94. The molecule has 1 aliphatic rings. The van der Waals surface area contributed by atoms with Crippen molar-refractivity contribution in [1.29, 1.82) is 0 Å². The number of carboxylic acid groups (broad SMARTS) is 1. The molecule has 0 aromatic carbocycles. The van der Waals surface area contributed by atoms with Crippen molar-refractivity contribution in [1.82, 2.24) is 10.2 Å². The van der Waals surface area contributed by atoms with E-state index in [0.29, 0.717) is 13.0 Å². The van der Waals surface area contributed by atoms with Gasteiger partial charge >= 0.3 is 12.0 Å². The summed E-state index contributed by atoms with van der Waals surface area (Å²) in [6, 6.07) is -0.487. The Kier molecular flexibility index (Phi) is 6.62. The average molecular weight is 272 g/mol. The Labute approximate surface area is 113 Å². The molecule has 0 aromatic heterocycles. The first kappa shape index (κ1) is 15.8. The van der Waals surface area contributed by atoms with E-state index in [1.807, 2.05) is 0 Å². The number of carbonyl (C=O) groups is 2. The van der Waals surface area contributed by atoms with Crippen molar-refractivity contribution >= 4 is 12.0 Å². The van der Waals surface area contributed by atoms with Gasteiger partial charge < -0.3 is 20.4 Å². The van der Waals surface area contributed by atoms with Crippen molar-refractivity contribution in [2.45, 2.75) is 57.5 Å². The number of hydrogen-bond acceptors (Lipinski definition) is 3. The summed E-state index contributed by atoms with van der Waals surface area (Å²) in [5.74, 6) is -0.857. The highest BCUT2D eigenvalue weighted by Gasteiger charge is 2.25. The molecular formula is C13H24N2O4. The highest BCUT2D eigenvalue weighted by atomic mass is 16.4. The highest BCUT2D eigenvalue weighted by molar-refractivity contribution is 5.75. The lowest BCUT2D eigenvalue weighted by Gasteiger charge is -2.30. The number of hydrogen-bond donors (Lipinski definition) is 3. The van der Waals surface area contributed by atoms with E-state index < -0.39 is 5.97 Å². The van der Waals surface area contributed by atoms with Crippen LogP contribution in [-0.2, 0) is 4.79 Å². The predicted octanol–water partition coefficient (Wildman–Crippen LogP) is 1.19. The third-order valence-electron chi connectivity index (χ3n) is 3.51. The second-order valence-corrected chi connectivity index (χ2v) is 5.16. The van der Waals surface area contributed by atoms with Crippen LogP contribution in [0.25, 0.3) is 0 Å². The Balaban J connectivity index is 2.47. The maximum Gasteiger partial charge on any atom is 0.317 e. The van der Waals surface area contributed by atoms with Gasteiger partial charge in [0.05, 0.1) is 12.6 Å². The van der Waals surface area contributed by atoms with Crippen LogP contribution in [0.2, 0.25) is 0 Å². The minimum absolute atomic E-state index is 0.0169. The molecule has 2 unspecified atom stereocenters. The van der Waals surface area contributed by atoms with Gasteiger partial charge in [-0.1, -0.05) is 12.8 Å². The molecule has 1 fully saturated rings. The van der Waals surface area contributed by atoms with Gasteiger partial charge in [0.1, 0.15) is 0 Å². The number of amides is 2. The summed E-state index contributed by atoms with van der Waals surface area (Å²) < 4.78 is 0. The van der Waals surface area contributed by atoms with E-state index in [9.17, 15) is 14.7 Å². The second-order valence-electron chi connectivity index (χ2n) is 5.16. The number of urea groups is 1. The zero-order valence-electron chi connectivity index (χ0n) is 11.5. The standard InChI is InChI=1S/C13H24N2O4/c1-10(6-7-12(17)18)14-13(19)15-8-4-2-3-5-11(15)9-16/h10-11,16H,2-9H2,1H3,(H,14,19)(H,17,18). The van der Waals surface area contributed by atoms with Crippen LogP contribution in [0.3, 0.4) is 0 Å². The molecule has 1 saturated heterocycles. The predicted molar refractivity (Wildman–Crippen MR) is 70.9 cm³/mol. The molecule has 0 saturated carbocycles. The third kappa shape index (κ3) is 5.46. The molecule has 0 radical (unpaired) electrons. The molecule has 110 valence electrons. The number of nitrogens with one attached hydrogen (secondary N) is 1. The van der Waals surface area contributed by atoms with Crippen LogP contribution in [0, 0.1) is 0 Å². The van der Waals surface area contributed by atoms with Crippen LogP contribution in [0.1, 0.15) is 45.4 Å². The van der Waals surface area contributed by atoms with Crippen LogP contribution in [0.5, 0.6) is 0 Å². The minimum Gasteiger partial charge on any atom is -0.481 e. The van der Waals surface area contributed by atoms with Crippen molar-refractivity contribution in [2.75, 3.05) is 13.2 Å². The molecule has 2 amide bonds. The fourth-order valence-electron chi connectivity index (χ4n) is 2.34. The Morgan fingerprint density at radius 2 is 2.11 bits per heavy atom. The molecule has 0 aromatic rings. The van der Waals surface area contributed by atoms with Crippen LogP contribution in [0.4, 0.5) is 4.79 Å². The summed E-state index contributed by atoms with van der Waals surface area (Å²) in [5, 5.41) is 20.8. The first-order valence-electron chi connectivity index (χ1n) is 6.94. The van der Waals surface area contributed by atoms with Crippen molar-refractivity contribution in [3.8, 4) is 0 Å². The average Bonchev–Trinajstić information content (AvgIpc) is 2.61. The van der Waals surface area contributed by atoms with E-state index in [1.165, 1.54) is 0 Å². The number of carbonyl (C=O) groups excluding carboxylic acids is 1. The van der Waals surface area contributed by atoms with Crippen LogP contribution in [0.15, 0.2) is 0 Å². The number of likely N-dealkylation sites (tertiary alicyclic amines) is 1. The summed E-state index contributed by atoms with van der Waals surface area (Å²) in [5.41, 5.74) is 0. The van der Waals surface area contributed by atoms with Crippen molar-refractivity contribution < 1.29 is 19.8 Å². The zero-order chi connectivity index (χ0) is 14.3. The molecule has 0 bridgehead atoms. The monoisotopic (exact) mass is 272 g/mol. The molecule has 2 atom stereocenters. The lowest BCUT2D eigenvalue weighted by Crippen LogP contribution is -2.49. The van der Waals surface area contributed by atoms with Gasteiger partial charge in [-0.2, -0.15) is 0 Å². The SMILES string of the molecule is CC(CCC(=O)O)NC(=O)N1CCCCCC1CO. The van der Waals surface area contributed by atoms with Crippen molar-refractivity contribution in [3.63, 3.8) is 0 Å². The molecule has 19 heavy (non-hydrogen) atoms. The van der Waals surface area contributed by atoms with Gasteiger partial charge in [0.2, 0.25) is 0 Å². The molecule has 1 heterocycles. The lowest BCUT2D eigenvalue weighted by molar-refractivity contribution is -0.137. The Hall–Kier alpha value is -1.30. The summed E-state index contributed by atoms with van der Waals surface area (Å²) in [6.45, 7) is 2.44. The molecule has 1 aliphatic heterocycles. The van der Waals surface area contributed by atoms with Crippen LogP contribution in [-0.4, -0.2) is 52.3 Å². The van der Waals surface area contributed by atoms with E-state index in [-0.39, 0.29) is 31.1 Å². The number of aliphatic hydroxyl groups excluding tert-OH is 1. The normalized spacial score (nSPS) is 21.6. The van der Waals surface area contributed by atoms with Crippen molar-refractivity contribution in [3.05, 3.63) is 0 Å². The van der Waals surface area contributed by atoms with Gasteiger partial charge in [0.15, 0.2) is 0 Å². The Bertz CT molecular complexity index is 309. The third-order valence-corrected chi connectivity index (χ3v) is 3.51. The van der Waals surface area contributed by atoms with Crippen LogP contribution < -0.4 is 5.32 Å². The number of rotatable bonds is 5. The van der Waals surface area contributed by atoms with E-state index >= 15 is 0 Å².